The summed E-state index contributed by atoms with van der Waals surface area (Å²) < 4.78 is 3.09. The van der Waals surface area contributed by atoms with Gasteiger partial charge in [-0.15, -0.1) is 0 Å². The average Bonchev–Trinajstić information content (AvgIpc) is 2.00. The molecule has 1 unspecified atom stereocenters. The Morgan fingerprint density at radius 1 is 0.900 bits per heavy atom. The van der Waals surface area contributed by atoms with Crippen molar-refractivity contribution in [2.75, 3.05) is 21.1 Å². The van der Waals surface area contributed by atoms with Crippen molar-refractivity contribution in [1.29, 1.82) is 0 Å². The molecule has 0 fully saturated rings. The number of nitrogens with one attached hydrogen (secondary N) is 4. The van der Waals surface area contributed by atoms with Crippen LogP contribution in [0.4, 0.5) is 0 Å². The van der Waals surface area contributed by atoms with Crippen LogP contribution in [0.1, 0.15) is 0 Å². The molecular formula is C5H15IN4. The molecular weight excluding hydrogens is 243 g/mol. The van der Waals surface area contributed by atoms with E-state index < -0.39 is 0 Å². The van der Waals surface area contributed by atoms with Crippen LogP contribution in [0, 0.1) is 0 Å². The molecule has 0 heterocycles. The molecule has 5 heteroatoms. The summed E-state index contributed by atoms with van der Waals surface area (Å²) in [6.07, 6.45) is 0.498. The molecule has 0 aliphatic rings. The topological polar surface area (TPSA) is 48.1 Å². The van der Waals surface area contributed by atoms with Crippen LogP contribution in [-0.2, 0) is 0 Å². The molecule has 0 aliphatic carbocycles. The Bertz CT molecular complexity index is 62.0. The second kappa shape index (κ2) is 6.29. The highest BCUT2D eigenvalue weighted by molar-refractivity contribution is 14.1. The van der Waals surface area contributed by atoms with Crippen molar-refractivity contribution >= 4 is 22.9 Å². The number of hydrogen-bond acceptors (Lipinski definition) is 4. The molecule has 0 amide bonds. The molecule has 0 saturated heterocycles. The lowest BCUT2D eigenvalue weighted by atomic mass is 10.4. The fraction of sp³-hybridized carbons (Fsp3) is 1.00. The van der Waals surface area contributed by atoms with Crippen LogP contribution < -0.4 is 19.5 Å². The Hall–Kier alpha value is 0.570. The van der Waals surface area contributed by atoms with Gasteiger partial charge in [-0.05, 0) is 21.1 Å². The summed E-state index contributed by atoms with van der Waals surface area (Å²) in [6, 6.07) is 0. The number of hydrogen-bond donors (Lipinski definition) is 4. The summed E-state index contributed by atoms with van der Waals surface area (Å²) in [4.78, 5) is 0. The lowest BCUT2D eigenvalue weighted by molar-refractivity contribution is 0.364. The van der Waals surface area contributed by atoms with Gasteiger partial charge in [0.05, 0.1) is 12.3 Å². The van der Waals surface area contributed by atoms with E-state index >= 15 is 0 Å². The minimum absolute atomic E-state index is 0.246. The maximum absolute atomic E-state index is 3.11. The van der Waals surface area contributed by atoms with Crippen molar-refractivity contribution in [1.82, 2.24) is 19.5 Å². The van der Waals surface area contributed by atoms with Crippen molar-refractivity contribution in [3.05, 3.63) is 0 Å². The summed E-state index contributed by atoms with van der Waals surface area (Å²) in [6.45, 7) is 0. The van der Waals surface area contributed by atoms with Crippen molar-refractivity contribution in [2.24, 2.45) is 0 Å². The molecule has 4 N–H and O–H groups in total. The molecule has 0 rings (SSSR count). The van der Waals surface area contributed by atoms with E-state index in [-0.39, 0.29) is 12.3 Å². The molecule has 0 aromatic rings. The molecule has 0 saturated carbocycles. The highest BCUT2D eigenvalue weighted by Gasteiger charge is 2.13. The summed E-state index contributed by atoms with van der Waals surface area (Å²) in [5.74, 6) is 0. The predicted octanol–water partition coefficient (Wildman–Crippen LogP) is -0.764. The first-order valence-corrected chi connectivity index (χ1v) is 4.26. The highest BCUT2D eigenvalue weighted by Crippen LogP contribution is 1.86. The van der Waals surface area contributed by atoms with Crippen molar-refractivity contribution in [2.45, 2.75) is 12.3 Å². The van der Waals surface area contributed by atoms with Crippen LogP contribution >= 0.6 is 22.9 Å². The smallest absolute Gasteiger partial charge is 0.0947 e. The van der Waals surface area contributed by atoms with Crippen LogP contribution in [0.25, 0.3) is 0 Å². The van der Waals surface area contributed by atoms with E-state index in [0.29, 0.717) is 0 Å². The van der Waals surface area contributed by atoms with E-state index in [4.69, 9.17) is 0 Å². The number of halogens is 1. The fourth-order valence-corrected chi connectivity index (χ4v) is 1.43. The largest absolute Gasteiger partial charge is 0.303 e. The molecule has 62 valence electrons. The Morgan fingerprint density at radius 2 is 1.30 bits per heavy atom. The maximum atomic E-state index is 3.11. The van der Waals surface area contributed by atoms with Gasteiger partial charge in [0.25, 0.3) is 0 Å². The van der Waals surface area contributed by atoms with E-state index in [1.165, 1.54) is 0 Å². The van der Waals surface area contributed by atoms with Crippen LogP contribution in [0.15, 0.2) is 0 Å². The molecule has 10 heavy (non-hydrogen) atoms. The van der Waals surface area contributed by atoms with Gasteiger partial charge in [0.2, 0.25) is 0 Å². The standard InChI is InChI=1S/C5H15IN4/c1-7-4(8-2)5(9-3)10-6/h4-5,7-10H,1-3H3. The number of rotatable bonds is 5. The van der Waals surface area contributed by atoms with Gasteiger partial charge in [0.1, 0.15) is 0 Å². The van der Waals surface area contributed by atoms with Gasteiger partial charge in [-0.25, -0.2) is 3.53 Å². The van der Waals surface area contributed by atoms with Gasteiger partial charge in [0.15, 0.2) is 0 Å². The lowest BCUT2D eigenvalue weighted by Gasteiger charge is -2.24. The van der Waals surface area contributed by atoms with E-state index in [9.17, 15) is 0 Å². The zero-order valence-electron chi connectivity index (χ0n) is 6.53. The van der Waals surface area contributed by atoms with Gasteiger partial charge in [-0.1, -0.05) is 0 Å². The highest BCUT2D eigenvalue weighted by atomic mass is 127. The number of likely N-dealkylation sites (N-methyl/N-ethyl adjacent to an activating group) is 3. The molecule has 0 spiro atoms. The van der Waals surface area contributed by atoms with Crippen LogP contribution in [-0.4, -0.2) is 33.5 Å². The summed E-state index contributed by atoms with van der Waals surface area (Å²) >= 11 is 2.12. The summed E-state index contributed by atoms with van der Waals surface area (Å²) in [5, 5.41) is 9.34. The van der Waals surface area contributed by atoms with Crippen LogP contribution in [0.3, 0.4) is 0 Å². The lowest BCUT2D eigenvalue weighted by Crippen LogP contribution is -2.57. The Labute approximate surface area is 76.0 Å². The molecule has 0 aliphatic heterocycles. The average molecular weight is 258 g/mol. The van der Waals surface area contributed by atoms with E-state index in [2.05, 4.69) is 42.3 Å². The molecule has 0 aromatic heterocycles. The maximum Gasteiger partial charge on any atom is 0.0947 e. The van der Waals surface area contributed by atoms with Crippen molar-refractivity contribution < 1.29 is 0 Å². The van der Waals surface area contributed by atoms with Gasteiger partial charge >= 0.3 is 0 Å². The summed E-state index contributed by atoms with van der Waals surface area (Å²) in [7, 11) is 5.75. The Balaban J connectivity index is 3.70. The normalized spacial score (nSPS) is 14.1. The summed E-state index contributed by atoms with van der Waals surface area (Å²) in [5.41, 5.74) is 0. The van der Waals surface area contributed by atoms with Crippen LogP contribution in [0.5, 0.6) is 0 Å². The SMILES string of the molecule is CNC(NC)C(NC)NI. The third-order valence-electron chi connectivity index (χ3n) is 1.38. The monoisotopic (exact) mass is 258 g/mol. The molecule has 0 aromatic carbocycles. The van der Waals surface area contributed by atoms with Gasteiger partial charge < -0.3 is 16.0 Å². The van der Waals surface area contributed by atoms with Gasteiger partial charge in [0, 0.05) is 22.9 Å². The minimum Gasteiger partial charge on any atom is -0.303 e. The zero-order chi connectivity index (χ0) is 7.98. The molecule has 0 bridgehead atoms. The first-order valence-electron chi connectivity index (χ1n) is 3.18. The van der Waals surface area contributed by atoms with E-state index in [1.807, 2.05) is 21.1 Å². The molecule has 1 atom stereocenters. The minimum atomic E-state index is 0.246. The second-order valence-electron chi connectivity index (χ2n) is 1.93. The molecule has 4 nitrogen and oxygen atoms in total. The van der Waals surface area contributed by atoms with Crippen LogP contribution in [0.2, 0.25) is 0 Å². The first kappa shape index (κ1) is 10.6. The van der Waals surface area contributed by atoms with E-state index in [0.717, 1.165) is 0 Å². The molecule has 0 radical (unpaired) electrons. The third-order valence-corrected chi connectivity index (χ3v) is 2.05. The van der Waals surface area contributed by atoms with E-state index in [1.54, 1.807) is 0 Å². The Kier molecular flexibility index (Phi) is 6.65. The second-order valence-corrected chi connectivity index (χ2v) is 2.55. The third kappa shape index (κ3) is 3.11. The Morgan fingerprint density at radius 3 is 1.40 bits per heavy atom. The first-order chi connectivity index (χ1) is 4.79. The van der Waals surface area contributed by atoms with Gasteiger partial charge in [-0.2, -0.15) is 0 Å². The van der Waals surface area contributed by atoms with Gasteiger partial charge in [-0.3, -0.25) is 0 Å². The van der Waals surface area contributed by atoms with Crippen molar-refractivity contribution in [3.63, 3.8) is 0 Å². The zero-order valence-corrected chi connectivity index (χ0v) is 8.69. The predicted molar refractivity (Wildman–Crippen MR) is 51.9 cm³/mol. The fourth-order valence-electron chi connectivity index (χ4n) is 0.762. The van der Waals surface area contributed by atoms with Crippen molar-refractivity contribution in [3.8, 4) is 0 Å². The quantitative estimate of drug-likeness (QED) is 0.297.